The van der Waals surface area contributed by atoms with E-state index in [4.69, 9.17) is 0 Å². The molecule has 0 spiro atoms. The van der Waals surface area contributed by atoms with Gasteiger partial charge < -0.3 is 9.80 Å². The van der Waals surface area contributed by atoms with Crippen molar-refractivity contribution in [3.8, 4) is 44.5 Å². The molecule has 0 bridgehead atoms. The van der Waals surface area contributed by atoms with Crippen molar-refractivity contribution >= 4 is 80.3 Å². The lowest BCUT2D eigenvalue weighted by Crippen LogP contribution is -2.63. The van der Waals surface area contributed by atoms with E-state index in [1.54, 1.807) is 0 Å². The first-order valence-corrected chi connectivity index (χ1v) is 20.3. The highest BCUT2D eigenvalue weighted by molar-refractivity contribution is 7.05. The van der Waals surface area contributed by atoms with Gasteiger partial charge in [-0.1, -0.05) is 169 Å². The summed E-state index contributed by atoms with van der Waals surface area (Å²) in [4.78, 5) is 5.10. The van der Waals surface area contributed by atoms with Crippen LogP contribution in [-0.2, 0) is 0 Å². The number of hydrogen-bond acceptors (Lipinski definition) is 2. The maximum absolute atomic E-state index is 2.62. The molecule has 0 atom stereocenters. The summed E-state index contributed by atoms with van der Waals surface area (Å²) in [6.07, 6.45) is 0. The van der Waals surface area contributed by atoms with Crippen molar-refractivity contribution < 1.29 is 0 Å². The topological polar surface area (TPSA) is 6.48 Å². The van der Waals surface area contributed by atoms with Gasteiger partial charge >= 0.3 is 0 Å². The van der Waals surface area contributed by atoms with Gasteiger partial charge in [0.05, 0.1) is 0 Å². The summed E-state index contributed by atoms with van der Waals surface area (Å²) in [5.41, 5.74) is 25.9. The van der Waals surface area contributed by atoms with Crippen molar-refractivity contribution in [2.75, 3.05) is 9.80 Å². The minimum atomic E-state index is 0.122. The van der Waals surface area contributed by atoms with Crippen LogP contribution in [0.5, 0.6) is 0 Å². The molecule has 0 aliphatic carbocycles. The number of anilines is 6. The van der Waals surface area contributed by atoms with Crippen molar-refractivity contribution in [2.45, 2.75) is 0 Å². The smallest absolute Gasteiger partial charge is 0.248 e. The van der Waals surface area contributed by atoms with Gasteiger partial charge in [0, 0.05) is 34.1 Å². The summed E-state index contributed by atoms with van der Waals surface area (Å²) in [5, 5.41) is 0. The number of hydrogen-bond donors (Lipinski definition) is 0. The maximum Gasteiger partial charge on any atom is 0.248 e. The van der Waals surface area contributed by atoms with Crippen molar-refractivity contribution in [1.29, 1.82) is 0 Å². The molecule has 0 saturated heterocycles. The molecule has 4 aliphatic rings. The highest BCUT2D eigenvalue weighted by Crippen LogP contribution is 2.46. The predicted molar refractivity (Wildman–Crippen MR) is 247 cm³/mol. The molecule has 0 radical (unpaired) electrons. The van der Waals surface area contributed by atoms with E-state index in [2.05, 4.69) is 216 Å². The van der Waals surface area contributed by atoms with E-state index in [0.717, 1.165) is 11.4 Å². The van der Waals surface area contributed by atoms with E-state index < -0.39 is 0 Å². The standard InChI is InChI=1S/C54H34B2N2/c1-3-13-35(14-4-1)37-25-29-39(30-26-37)57(40-31-27-38(28-32-40)36-15-5-2-6-16-36)41-33-48-54-49(34-41)56-47-22-10-8-18-43(47)45-20-12-24-51(53(45)56)58(54)50-23-11-19-44-42-17-7-9-21-46(42)55(48)52(44)50/h1-34H. The second-order valence-corrected chi connectivity index (χ2v) is 16.0. The zero-order chi connectivity index (χ0) is 37.9. The van der Waals surface area contributed by atoms with Gasteiger partial charge in [0.1, 0.15) is 0 Å². The summed E-state index contributed by atoms with van der Waals surface area (Å²) in [7, 11) is 0. The summed E-state index contributed by atoms with van der Waals surface area (Å²) in [6.45, 7) is 0.244. The van der Waals surface area contributed by atoms with Crippen LogP contribution in [0, 0.1) is 0 Å². The van der Waals surface area contributed by atoms with Gasteiger partial charge in [-0.05, 0) is 115 Å². The highest BCUT2D eigenvalue weighted by Gasteiger charge is 2.49. The largest absolute Gasteiger partial charge is 0.312 e. The molecular formula is C54H34B2N2. The monoisotopic (exact) mass is 732 g/mol. The molecule has 9 aromatic carbocycles. The Morgan fingerprint density at radius 3 is 1.17 bits per heavy atom. The van der Waals surface area contributed by atoms with E-state index in [0.29, 0.717) is 0 Å². The maximum atomic E-state index is 2.62. The molecular weight excluding hydrogens is 698 g/mol. The van der Waals surface area contributed by atoms with Crippen LogP contribution < -0.4 is 42.6 Å². The molecule has 0 saturated carbocycles. The van der Waals surface area contributed by atoms with E-state index >= 15 is 0 Å². The van der Waals surface area contributed by atoms with Gasteiger partial charge in [0.15, 0.2) is 0 Å². The Labute approximate surface area is 339 Å². The van der Waals surface area contributed by atoms with Gasteiger partial charge in [-0.25, -0.2) is 0 Å². The van der Waals surface area contributed by atoms with Crippen LogP contribution in [0.25, 0.3) is 44.5 Å². The lowest BCUT2D eigenvalue weighted by atomic mass is 9.32. The van der Waals surface area contributed by atoms with Gasteiger partial charge in [-0.3, -0.25) is 0 Å². The van der Waals surface area contributed by atoms with Crippen LogP contribution in [0.15, 0.2) is 206 Å². The summed E-state index contributed by atoms with van der Waals surface area (Å²) >= 11 is 0. The van der Waals surface area contributed by atoms with Gasteiger partial charge in [-0.2, -0.15) is 0 Å². The quantitative estimate of drug-likeness (QED) is 0.163. The normalized spacial score (nSPS) is 13.1. The van der Waals surface area contributed by atoms with E-state index in [1.807, 2.05) is 0 Å². The SMILES string of the molecule is c1ccc(-c2ccc(N(c3ccc(-c4ccccc4)cc3)c3cc4c5c(c3)B3c6ccccc6-c6cccc(c63)N5c3cccc5c3B4c3ccccc3-5)cc2)cc1. The molecule has 4 heteroatoms. The molecule has 13 rings (SSSR count). The Hall–Kier alpha value is -7.29. The first-order valence-electron chi connectivity index (χ1n) is 20.3. The Kier molecular flexibility index (Phi) is 6.65. The minimum Gasteiger partial charge on any atom is -0.312 e. The van der Waals surface area contributed by atoms with E-state index in [1.165, 1.54) is 100 Å². The van der Waals surface area contributed by atoms with Crippen LogP contribution >= 0.6 is 0 Å². The fourth-order valence-corrected chi connectivity index (χ4v) is 10.7. The third-order valence-electron chi connectivity index (χ3n) is 13.1. The Morgan fingerprint density at radius 1 is 0.310 bits per heavy atom. The zero-order valence-electron chi connectivity index (χ0n) is 31.7. The molecule has 0 aromatic heterocycles. The van der Waals surface area contributed by atoms with Crippen LogP contribution in [-0.4, -0.2) is 13.4 Å². The summed E-state index contributed by atoms with van der Waals surface area (Å²) in [5.74, 6) is 0. The van der Waals surface area contributed by atoms with E-state index in [9.17, 15) is 0 Å². The molecule has 0 amide bonds. The molecule has 0 fully saturated rings. The van der Waals surface area contributed by atoms with Crippen LogP contribution in [0.3, 0.4) is 0 Å². The number of benzene rings is 9. The van der Waals surface area contributed by atoms with Crippen molar-refractivity contribution in [3.05, 3.63) is 206 Å². The average molecular weight is 733 g/mol. The van der Waals surface area contributed by atoms with Crippen molar-refractivity contribution in [1.82, 2.24) is 0 Å². The van der Waals surface area contributed by atoms with Gasteiger partial charge in [-0.15, -0.1) is 0 Å². The lowest BCUT2D eigenvalue weighted by molar-refractivity contribution is 1.27. The van der Waals surface area contributed by atoms with Gasteiger partial charge in [0.2, 0.25) is 13.4 Å². The molecule has 2 nitrogen and oxygen atoms in total. The van der Waals surface area contributed by atoms with Crippen LogP contribution in [0.1, 0.15) is 0 Å². The fourth-order valence-electron chi connectivity index (χ4n) is 10.7. The van der Waals surface area contributed by atoms with Crippen molar-refractivity contribution in [2.24, 2.45) is 0 Å². The number of nitrogens with zero attached hydrogens (tertiary/aromatic N) is 2. The Bertz CT molecular complexity index is 2910. The Balaban J connectivity index is 1.09. The average Bonchev–Trinajstić information content (AvgIpc) is 3.82. The molecule has 4 aliphatic heterocycles. The molecule has 9 aromatic rings. The third kappa shape index (κ3) is 4.40. The fraction of sp³-hybridized carbons (Fsp3) is 0. The van der Waals surface area contributed by atoms with E-state index in [-0.39, 0.29) is 13.4 Å². The lowest BCUT2D eigenvalue weighted by Gasteiger charge is -2.43. The summed E-state index contributed by atoms with van der Waals surface area (Å²) in [6, 6.07) is 76.7. The zero-order valence-corrected chi connectivity index (χ0v) is 31.7. The molecule has 4 heterocycles. The third-order valence-corrected chi connectivity index (χ3v) is 13.1. The summed E-state index contributed by atoms with van der Waals surface area (Å²) < 4.78 is 0. The Morgan fingerprint density at radius 2 is 0.707 bits per heavy atom. The first-order chi connectivity index (χ1) is 28.8. The first kappa shape index (κ1) is 31.9. The predicted octanol–water partition coefficient (Wildman–Crippen LogP) is 9.58. The van der Waals surface area contributed by atoms with Gasteiger partial charge in [0.25, 0.3) is 0 Å². The molecule has 266 valence electrons. The second kappa shape index (κ2) is 12.1. The minimum absolute atomic E-state index is 0.122. The number of rotatable bonds is 5. The van der Waals surface area contributed by atoms with Crippen LogP contribution in [0.2, 0.25) is 0 Å². The highest BCUT2D eigenvalue weighted by atomic mass is 15.2. The van der Waals surface area contributed by atoms with Crippen molar-refractivity contribution in [3.63, 3.8) is 0 Å². The molecule has 0 unspecified atom stereocenters. The number of fused-ring (bicyclic) bond motifs is 10. The molecule has 0 N–H and O–H groups in total. The van der Waals surface area contributed by atoms with Crippen LogP contribution in [0.4, 0.5) is 34.1 Å². The second-order valence-electron chi connectivity index (χ2n) is 16.0. The molecule has 58 heavy (non-hydrogen) atoms.